The van der Waals surface area contributed by atoms with Gasteiger partial charge < -0.3 is 5.73 Å². The molecule has 0 saturated carbocycles. The predicted octanol–water partition coefficient (Wildman–Crippen LogP) is 2.22. The maximum Gasteiger partial charge on any atom is 0.402 e. The molecule has 0 aliphatic heterocycles. The highest BCUT2D eigenvalue weighted by Gasteiger charge is 2.59. The average Bonchev–Trinajstić information content (AvgIpc) is 2.14. The molecule has 0 spiro atoms. The van der Waals surface area contributed by atoms with Crippen LogP contribution in [0.4, 0.5) is 26.3 Å². The molecule has 1 unspecified atom stereocenters. The molecule has 2 N–H and O–H groups in total. The lowest BCUT2D eigenvalue weighted by Crippen LogP contribution is -2.44. The van der Waals surface area contributed by atoms with Crippen molar-refractivity contribution in [1.82, 2.24) is 9.97 Å². The SMILES string of the molecule is NC(c1cncnc1)C(C(F)(F)F)C(F)(F)F. The first kappa shape index (κ1) is 13.7. The van der Waals surface area contributed by atoms with Crippen LogP contribution >= 0.6 is 0 Å². The summed E-state index contributed by atoms with van der Waals surface area (Å²) in [4.78, 5) is 6.65. The molecule has 1 aromatic rings. The molecule has 9 heteroatoms. The quantitative estimate of drug-likeness (QED) is 0.828. The van der Waals surface area contributed by atoms with Crippen LogP contribution in [0.5, 0.6) is 0 Å². The fourth-order valence-corrected chi connectivity index (χ4v) is 1.27. The van der Waals surface area contributed by atoms with Gasteiger partial charge in [0.05, 0.1) is 6.04 Å². The highest BCUT2D eigenvalue weighted by Crippen LogP contribution is 2.45. The van der Waals surface area contributed by atoms with E-state index in [0.717, 1.165) is 18.7 Å². The van der Waals surface area contributed by atoms with E-state index in [4.69, 9.17) is 5.73 Å². The Labute approximate surface area is 91.7 Å². The summed E-state index contributed by atoms with van der Waals surface area (Å²) in [6.45, 7) is 0. The Hall–Kier alpha value is -1.38. The second kappa shape index (κ2) is 4.47. The molecule has 1 aromatic heterocycles. The number of alkyl halides is 6. The molecule has 0 saturated heterocycles. The molecule has 0 aromatic carbocycles. The van der Waals surface area contributed by atoms with Crippen molar-refractivity contribution in [3.8, 4) is 0 Å². The van der Waals surface area contributed by atoms with Crippen LogP contribution in [0.25, 0.3) is 0 Å². The lowest BCUT2D eigenvalue weighted by atomic mass is 9.94. The molecule has 0 aliphatic carbocycles. The smallest absolute Gasteiger partial charge is 0.323 e. The minimum atomic E-state index is -5.48. The van der Waals surface area contributed by atoms with Gasteiger partial charge in [-0.2, -0.15) is 26.3 Å². The number of hydrogen-bond donors (Lipinski definition) is 1. The zero-order chi connectivity index (χ0) is 13.3. The fourth-order valence-electron chi connectivity index (χ4n) is 1.27. The van der Waals surface area contributed by atoms with Crippen LogP contribution in [0.2, 0.25) is 0 Å². The topological polar surface area (TPSA) is 51.8 Å². The van der Waals surface area contributed by atoms with Gasteiger partial charge in [-0.15, -0.1) is 0 Å². The van der Waals surface area contributed by atoms with Gasteiger partial charge in [0.1, 0.15) is 6.33 Å². The largest absolute Gasteiger partial charge is 0.402 e. The highest BCUT2D eigenvalue weighted by atomic mass is 19.4. The van der Waals surface area contributed by atoms with Crippen LogP contribution in [0.1, 0.15) is 11.6 Å². The van der Waals surface area contributed by atoms with Crippen LogP contribution in [0, 0.1) is 5.92 Å². The number of rotatable bonds is 2. The van der Waals surface area contributed by atoms with Gasteiger partial charge in [0.15, 0.2) is 5.92 Å². The van der Waals surface area contributed by atoms with Crippen LogP contribution in [-0.4, -0.2) is 22.3 Å². The molecule has 3 nitrogen and oxygen atoms in total. The van der Waals surface area contributed by atoms with Crippen LogP contribution in [0.3, 0.4) is 0 Å². The van der Waals surface area contributed by atoms with E-state index in [1.54, 1.807) is 0 Å². The maximum absolute atomic E-state index is 12.3. The van der Waals surface area contributed by atoms with Gasteiger partial charge in [0.2, 0.25) is 0 Å². The third-order valence-corrected chi connectivity index (χ3v) is 2.03. The molecule has 0 amide bonds. The van der Waals surface area contributed by atoms with E-state index in [1.807, 2.05) is 0 Å². The first-order valence-electron chi connectivity index (χ1n) is 4.28. The molecule has 1 rings (SSSR count). The van der Waals surface area contributed by atoms with E-state index in [2.05, 4.69) is 9.97 Å². The third-order valence-electron chi connectivity index (χ3n) is 2.03. The van der Waals surface area contributed by atoms with E-state index >= 15 is 0 Å². The van der Waals surface area contributed by atoms with Crippen molar-refractivity contribution in [2.45, 2.75) is 18.4 Å². The molecular formula is C8H7F6N3. The molecule has 1 heterocycles. The van der Waals surface area contributed by atoms with E-state index in [1.165, 1.54) is 0 Å². The summed E-state index contributed by atoms with van der Waals surface area (Å²) in [5.74, 6) is -3.64. The van der Waals surface area contributed by atoms with Crippen molar-refractivity contribution < 1.29 is 26.3 Å². The molecule has 0 fully saturated rings. The summed E-state index contributed by atoms with van der Waals surface area (Å²) in [5, 5.41) is 0. The first-order valence-corrected chi connectivity index (χ1v) is 4.28. The van der Waals surface area contributed by atoms with E-state index < -0.39 is 29.9 Å². The Bertz CT molecular complexity index is 346. The Morgan fingerprint density at radius 1 is 0.941 bits per heavy atom. The van der Waals surface area contributed by atoms with Gasteiger partial charge in [-0.3, -0.25) is 0 Å². The molecular weight excluding hydrogens is 252 g/mol. The van der Waals surface area contributed by atoms with Gasteiger partial charge in [-0.1, -0.05) is 0 Å². The van der Waals surface area contributed by atoms with E-state index in [9.17, 15) is 26.3 Å². The lowest BCUT2D eigenvalue weighted by Gasteiger charge is -2.27. The summed E-state index contributed by atoms with van der Waals surface area (Å²) in [7, 11) is 0. The molecule has 17 heavy (non-hydrogen) atoms. The number of aromatic nitrogens is 2. The summed E-state index contributed by atoms with van der Waals surface area (Å²) < 4.78 is 73.9. The fraction of sp³-hybridized carbons (Fsp3) is 0.500. The predicted molar refractivity (Wildman–Crippen MR) is 44.6 cm³/mol. The highest BCUT2D eigenvalue weighted by molar-refractivity contribution is 5.11. The van der Waals surface area contributed by atoms with Crippen molar-refractivity contribution in [1.29, 1.82) is 0 Å². The Balaban J connectivity index is 3.09. The lowest BCUT2D eigenvalue weighted by molar-refractivity contribution is -0.290. The second-order valence-corrected chi connectivity index (χ2v) is 3.26. The second-order valence-electron chi connectivity index (χ2n) is 3.26. The van der Waals surface area contributed by atoms with Gasteiger partial charge in [-0.25, -0.2) is 9.97 Å². The van der Waals surface area contributed by atoms with Crippen molar-refractivity contribution >= 4 is 0 Å². The van der Waals surface area contributed by atoms with Crippen molar-refractivity contribution in [3.05, 3.63) is 24.3 Å². The van der Waals surface area contributed by atoms with Gasteiger partial charge >= 0.3 is 12.4 Å². The monoisotopic (exact) mass is 259 g/mol. The van der Waals surface area contributed by atoms with Crippen LogP contribution in [-0.2, 0) is 0 Å². The third kappa shape index (κ3) is 3.29. The van der Waals surface area contributed by atoms with Gasteiger partial charge in [0.25, 0.3) is 0 Å². The standard InChI is InChI=1S/C8H7F6N3/c9-7(10,11)6(8(12,13)14)5(15)4-1-16-3-17-2-4/h1-3,5-6H,15H2. The summed E-state index contributed by atoms with van der Waals surface area (Å²) in [5.41, 5.74) is 4.57. The minimum absolute atomic E-state index is 0.424. The zero-order valence-corrected chi connectivity index (χ0v) is 8.13. The average molecular weight is 259 g/mol. The van der Waals surface area contributed by atoms with Crippen molar-refractivity contribution in [3.63, 3.8) is 0 Å². The number of hydrogen-bond acceptors (Lipinski definition) is 3. The molecule has 0 radical (unpaired) electrons. The summed E-state index contributed by atoms with van der Waals surface area (Å²) >= 11 is 0. The van der Waals surface area contributed by atoms with Gasteiger partial charge in [-0.05, 0) is 0 Å². The minimum Gasteiger partial charge on any atom is -0.323 e. The Morgan fingerprint density at radius 3 is 1.71 bits per heavy atom. The molecule has 1 atom stereocenters. The molecule has 96 valence electrons. The number of halogens is 6. The van der Waals surface area contributed by atoms with Crippen LogP contribution < -0.4 is 5.73 Å². The molecule has 0 bridgehead atoms. The zero-order valence-electron chi connectivity index (χ0n) is 8.13. The van der Waals surface area contributed by atoms with E-state index in [0.29, 0.717) is 0 Å². The molecule has 0 aliphatic rings. The number of nitrogens with zero attached hydrogens (tertiary/aromatic N) is 2. The van der Waals surface area contributed by atoms with Crippen molar-refractivity contribution in [2.24, 2.45) is 11.7 Å². The van der Waals surface area contributed by atoms with Gasteiger partial charge in [0, 0.05) is 18.0 Å². The maximum atomic E-state index is 12.3. The number of nitrogens with two attached hydrogens (primary N) is 1. The first-order chi connectivity index (χ1) is 7.64. The Kier molecular flexibility index (Phi) is 3.60. The van der Waals surface area contributed by atoms with Crippen LogP contribution in [0.15, 0.2) is 18.7 Å². The van der Waals surface area contributed by atoms with E-state index in [-0.39, 0.29) is 0 Å². The van der Waals surface area contributed by atoms with Crippen molar-refractivity contribution in [2.75, 3.05) is 0 Å². The summed E-state index contributed by atoms with van der Waals surface area (Å²) in [6.07, 6.45) is -8.34. The normalized spacial score (nSPS) is 15.1. The Morgan fingerprint density at radius 2 is 1.35 bits per heavy atom. The summed E-state index contributed by atoms with van der Waals surface area (Å²) in [6, 6.07) is -2.28.